The predicted octanol–water partition coefficient (Wildman–Crippen LogP) is 3.51. The van der Waals surface area contributed by atoms with E-state index in [4.69, 9.17) is 27.3 Å². The maximum Gasteiger partial charge on any atom is 0.173 e. The van der Waals surface area contributed by atoms with E-state index in [9.17, 15) is 8.78 Å². The third kappa shape index (κ3) is 2.97. The second-order valence-corrected chi connectivity index (χ2v) is 4.24. The van der Waals surface area contributed by atoms with Crippen molar-refractivity contribution < 1.29 is 18.7 Å². The summed E-state index contributed by atoms with van der Waals surface area (Å²) >= 11 is 5.81. The highest BCUT2D eigenvalue weighted by Gasteiger charge is 2.11. The lowest BCUT2D eigenvalue weighted by Gasteiger charge is -2.10. The molecule has 0 amide bonds. The van der Waals surface area contributed by atoms with Gasteiger partial charge >= 0.3 is 0 Å². The standard InChI is InChI=1S/C13H9ClF2N2O2/c14-7-1-4-12(9(5-7)13(17)18-19)20-8-2-3-10(15)11(16)6-8/h1-6,19H,(H2,17,18). The lowest BCUT2D eigenvalue weighted by molar-refractivity contribution is 0.318. The fourth-order valence-electron chi connectivity index (χ4n) is 1.51. The number of amidine groups is 1. The number of ether oxygens (including phenoxy) is 1. The fourth-order valence-corrected chi connectivity index (χ4v) is 1.68. The Balaban J connectivity index is 2.40. The van der Waals surface area contributed by atoms with Crippen LogP contribution in [0, 0.1) is 11.6 Å². The van der Waals surface area contributed by atoms with Crippen molar-refractivity contribution in [2.75, 3.05) is 0 Å². The Morgan fingerprint density at radius 1 is 1.15 bits per heavy atom. The van der Waals surface area contributed by atoms with Crippen LogP contribution in [0.5, 0.6) is 11.5 Å². The predicted molar refractivity (Wildman–Crippen MR) is 70.4 cm³/mol. The van der Waals surface area contributed by atoms with Gasteiger partial charge in [-0.25, -0.2) is 8.78 Å². The molecule has 20 heavy (non-hydrogen) atoms. The van der Waals surface area contributed by atoms with Crippen molar-refractivity contribution in [3.63, 3.8) is 0 Å². The van der Waals surface area contributed by atoms with Crippen LogP contribution in [0.25, 0.3) is 0 Å². The van der Waals surface area contributed by atoms with E-state index in [0.717, 1.165) is 12.1 Å². The van der Waals surface area contributed by atoms with Gasteiger partial charge in [-0.3, -0.25) is 0 Å². The minimum Gasteiger partial charge on any atom is -0.456 e. The number of oxime groups is 1. The monoisotopic (exact) mass is 298 g/mol. The van der Waals surface area contributed by atoms with E-state index >= 15 is 0 Å². The zero-order valence-electron chi connectivity index (χ0n) is 9.98. The van der Waals surface area contributed by atoms with Gasteiger partial charge in [-0.1, -0.05) is 16.8 Å². The highest BCUT2D eigenvalue weighted by Crippen LogP contribution is 2.28. The molecule has 0 heterocycles. The van der Waals surface area contributed by atoms with Gasteiger partial charge in [-0.15, -0.1) is 0 Å². The molecule has 2 rings (SSSR count). The fraction of sp³-hybridized carbons (Fsp3) is 0. The van der Waals surface area contributed by atoms with Gasteiger partial charge in [-0.2, -0.15) is 0 Å². The van der Waals surface area contributed by atoms with Crippen LogP contribution in [-0.2, 0) is 0 Å². The molecule has 2 aromatic carbocycles. The number of nitrogens with two attached hydrogens (primary N) is 1. The number of halogens is 3. The van der Waals surface area contributed by atoms with Crippen molar-refractivity contribution in [2.45, 2.75) is 0 Å². The van der Waals surface area contributed by atoms with E-state index in [1.165, 1.54) is 24.3 Å². The molecule has 0 aliphatic carbocycles. The van der Waals surface area contributed by atoms with Gasteiger partial charge in [0.1, 0.15) is 11.5 Å². The van der Waals surface area contributed by atoms with E-state index in [-0.39, 0.29) is 22.9 Å². The highest BCUT2D eigenvalue weighted by molar-refractivity contribution is 6.31. The maximum atomic E-state index is 13.1. The second-order valence-electron chi connectivity index (χ2n) is 3.80. The summed E-state index contributed by atoms with van der Waals surface area (Å²) in [6.45, 7) is 0. The molecule has 4 nitrogen and oxygen atoms in total. The van der Waals surface area contributed by atoms with Crippen molar-refractivity contribution in [3.05, 3.63) is 58.6 Å². The SMILES string of the molecule is NC(=NO)c1cc(Cl)ccc1Oc1ccc(F)c(F)c1. The van der Waals surface area contributed by atoms with Crippen LogP contribution in [0.3, 0.4) is 0 Å². The highest BCUT2D eigenvalue weighted by atomic mass is 35.5. The van der Waals surface area contributed by atoms with Crippen LogP contribution in [0.2, 0.25) is 5.02 Å². The molecular weight excluding hydrogens is 290 g/mol. The second kappa shape index (κ2) is 5.75. The average Bonchev–Trinajstić information content (AvgIpc) is 2.44. The minimum absolute atomic E-state index is 0.0678. The first-order valence-electron chi connectivity index (χ1n) is 5.41. The van der Waals surface area contributed by atoms with Crippen molar-refractivity contribution in [1.29, 1.82) is 0 Å². The molecule has 2 aromatic rings. The molecule has 0 atom stereocenters. The number of benzene rings is 2. The molecule has 0 aliphatic rings. The molecule has 0 saturated carbocycles. The summed E-state index contributed by atoms with van der Waals surface area (Å²) in [5.74, 6) is -1.98. The van der Waals surface area contributed by atoms with Crippen LogP contribution in [0.1, 0.15) is 5.56 Å². The Bertz CT molecular complexity index is 677. The molecule has 0 unspecified atom stereocenters. The van der Waals surface area contributed by atoms with E-state index < -0.39 is 11.6 Å². The van der Waals surface area contributed by atoms with Crippen LogP contribution in [-0.4, -0.2) is 11.0 Å². The molecule has 7 heteroatoms. The van der Waals surface area contributed by atoms with Crippen molar-refractivity contribution in [3.8, 4) is 11.5 Å². The third-order valence-electron chi connectivity index (χ3n) is 2.44. The first kappa shape index (κ1) is 14.1. The summed E-state index contributed by atoms with van der Waals surface area (Å²) in [4.78, 5) is 0. The summed E-state index contributed by atoms with van der Waals surface area (Å²) < 4.78 is 31.3. The van der Waals surface area contributed by atoms with E-state index in [0.29, 0.717) is 5.02 Å². The van der Waals surface area contributed by atoms with Crippen molar-refractivity contribution >= 4 is 17.4 Å². The summed E-state index contributed by atoms with van der Waals surface area (Å²) in [5.41, 5.74) is 5.73. The number of hydrogen-bond acceptors (Lipinski definition) is 3. The van der Waals surface area contributed by atoms with Gasteiger partial charge in [0.25, 0.3) is 0 Å². The zero-order chi connectivity index (χ0) is 14.7. The van der Waals surface area contributed by atoms with Gasteiger partial charge < -0.3 is 15.7 Å². The van der Waals surface area contributed by atoms with Gasteiger partial charge in [0.15, 0.2) is 17.5 Å². The minimum atomic E-state index is -1.04. The Kier molecular flexibility index (Phi) is 4.05. The van der Waals surface area contributed by atoms with Gasteiger partial charge in [0, 0.05) is 11.1 Å². The summed E-state index contributed by atoms with van der Waals surface area (Å²) in [6, 6.07) is 7.49. The quantitative estimate of drug-likeness (QED) is 0.394. The molecule has 0 bridgehead atoms. The first-order valence-corrected chi connectivity index (χ1v) is 5.79. The first-order chi connectivity index (χ1) is 9.51. The van der Waals surface area contributed by atoms with Crippen LogP contribution >= 0.6 is 11.6 Å². The van der Waals surface area contributed by atoms with E-state index in [1.807, 2.05) is 0 Å². The Labute approximate surface area is 118 Å². The zero-order valence-corrected chi connectivity index (χ0v) is 10.7. The molecule has 104 valence electrons. The van der Waals surface area contributed by atoms with Crippen molar-refractivity contribution in [2.24, 2.45) is 10.9 Å². The number of rotatable bonds is 3. The van der Waals surface area contributed by atoms with Crippen LogP contribution in [0.4, 0.5) is 8.78 Å². The molecule has 0 spiro atoms. The summed E-state index contributed by atoms with van der Waals surface area (Å²) in [6.07, 6.45) is 0. The topological polar surface area (TPSA) is 67.8 Å². The van der Waals surface area contributed by atoms with Gasteiger partial charge in [0.05, 0.1) is 5.56 Å². The largest absolute Gasteiger partial charge is 0.456 e. The third-order valence-corrected chi connectivity index (χ3v) is 2.68. The lowest BCUT2D eigenvalue weighted by atomic mass is 10.2. The van der Waals surface area contributed by atoms with E-state index in [1.54, 1.807) is 0 Å². The lowest BCUT2D eigenvalue weighted by Crippen LogP contribution is -2.14. The molecule has 0 aliphatic heterocycles. The number of hydrogen-bond donors (Lipinski definition) is 2. The molecular formula is C13H9ClF2N2O2. The van der Waals surface area contributed by atoms with Crippen LogP contribution in [0.15, 0.2) is 41.6 Å². The summed E-state index contributed by atoms with van der Waals surface area (Å²) in [5, 5.41) is 11.9. The molecule has 0 fully saturated rings. The maximum absolute atomic E-state index is 13.1. The van der Waals surface area contributed by atoms with Gasteiger partial charge in [0.2, 0.25) is 0 Å². The Morgan fingerprint density at radius 2 is 1.90 bits per heavy atom. The molecule has 3 N–H and O–H groups in total. The average molecular weight is 299 g/mol. The van der Waals surface area contributed by atoms with E-state index in [2.05, 4.69) is 5.16 Å². The van der Waals surface area contributed by atoms with Crippen molar-refractivity contribution in [1.82, 2.24) is 0 Å². The summed E-state index contributed by atoms with van der Waals surface area (Å²) in [7, 11) is 0. The van der Waals surface area contributed by atoms with Gasteiger partial charge in [-0.05, 0) is 30.3 Å². The smallest absolute Gasteiger partial charge is 0.173 e. The Morgan fingerprint density at radius 3 is 2.55 bits per heavy atom. The normalized spacial score (nSPS) is 11.4. The van der Waals surface area contributed by atoms with Crippen LogP contribution < -0.4 is 10.5 Å². The molecule has 0 radical (unpaired) electrons. The Hall–Kier alpha value is -2.34. The number of nitrogens with zero attached hydrogens (tertiary/aromatic N) is 1. The molecule has 0 saturated heterocycles. The molecule has 0 aromatic heterocycles.